The second-order valence-corrected chi connectivity index (χ2v) is 13.2. The minimum atomic E-state index is -4.85. The highest BCUT2D eigenvalue weighted by Crippen LogP contribution is 2.42. The van der Waals surface area contributed by atoms with E-state index in [0.717, 1.165) is 0 Å². The third kappa shape index (κ3) is 7.27. The van der Waals surface area contributed by atoms with Crippen molar-refractivity contribution in [2.75, 3.05) is 0 Å². The van der Waals surface area contributed by atoms with Gasteiger partial charge < -0.3 is 14.6 Å². The van der Waals surface area contributed by atoms with Crippen molar-refractivity contribution in [1.29, 1.82) is 0 Å². The minimum absolute atomic E-state index is 0.0231. The molecule has 0 aliphatic carbocycles. The lowest BCUT2D eigenvalue weighted by Gasteiger charge is -2.37. The summed E-state index contributed by atoms with van der Waals surface area (Å²) in [7, 11) is -2.23. The molecule has 1 unspecified atom stereocenters. The summed E-state index contributed by atoms with van der Waals surface area (Å²) in [6.07, 6.45) is -9.49. The Labute approximate surface area is 173 Å². The van der Waals surface area contributed by atoms with Crippen molar-refractivity contribution in [3.05, 3.63) is 29.3 Å². The summed E-state index contributed by atoms with van der Waals surface area (Å²) in [4.78, 5) is 9.34. The molecule has 1 atom stereocenters. The first-order valence-electron chi connectivity index (χ1n) is 8.88. The summed E-state index contributed by atoms with van der Waals surface area (Å²) >= 11 is 0. The Hall–Kier alpha value is -1.59. The summed E-state index contributed by atoms with van der Waals surface area (Å²) in [6, 6.07) is 4.07. The highest BCUT2D eigenvalue weighted by molar-refractivity contribution is 6.74. The first-order valence-corrected chi connectivity index (χ1v) is 11.8. The highest BCUT2D eigenvalue weighted by atomic mass is 28.4. The Morgan fingerprint density at radius 2 is 1.47 bits per heavy atom. The normalized spacial score (nSPS) is 15.0. The maximum Gasteiger partial charge on any atom is 0.449 e. The minimum Gasteiger partial charge on any atom is -0.543 e. The Kier molecular flexibility index (Phi) is 8.78. The predicted molar refractivity (Wildman–Crippen MR) is 103 cm³/mol. The Morgan fingerprint density at radius 1 is 1.03 bits per heavy atom. The van der Waals surface area contributed by atoms with Gasteiger partial charge in [-0.2, -0.15) is 26.3 Å². The number of aliphatic hydroxyl groups is 2. The van der Waals surface area contributed by atoms with Crippen molar-refractivity contribution in [2.24, 2.45) is 0 Å². The number of ketones is 1. The first-order chi connectivity index (χ1) is 13.1. The lowest BCUT2D eigenvalue weighted by Crippen LogP contribution is -2.44. The van der Waals surface area contributed by atoms with E-state index in [1.165, 1.54) is 18.2 Å². The van der Waals surface area contributed by atoms with Crippen LogP contribution in [0, 0.1) is 0 Å². The fourth-order valence-corrected chi connectivity index (χ4v) is 2.83. The first kappa shape index (κ1) is 28.4. The molecule has 30 heavy (non-hydrogen) atoms. The molecule has 0 saturated heterocycles. The Morgan fingerprint density at radius 3 is 1.77 bits per heavy atom. The molecule has 0 aromatic heterocycles. The molecule has 1 aromatic rings. The van der Waals surface area contributed by atoms with Crippen molar-refractivity contribution >= 4 is 14.1 Å². The van der Waals surface area contributed by atoms with Crippen LogP contribution in [0.4, 0.5) is 26.3 Å². The molecule has 0 aliphatic heterocycles. The molecule has 0 heterocycles. The Bertz CT molecular complexity index is 734. The number of hydrogen-bond donors (Lipinski definition) is 2. The molecule has 11 heteroatoms. The number of aliphatic hydroxyl groups excluding tert-OH is 1. The molecule has 0 amide bonds. The van der Waals surface area contributed by atoms with E-state index in [1.54, 1.807) is 0 Å². The second-order valence-electron chi connectivity index (χ2n) is 8.46. The van der Waals surface area contributed by atoms with Crippen LogP contribution >= 0.6 is 0 Å². The average molecular weight is 463 g/mol. The topological polar surface area (TPSA) is 66.8 Å². The van der Waals surface area contributed by atoms with Crippen LogP contribution in [0.5, 0.6) is 5.75 Å². The SMILES string of the molecule is CC(=O)C(F)(F)F.CC(O)(c1cc(O[Si](C)(C)C(C)(C)C)ccc1CO)C(F)(F)F. The van der Waals surface area contributed by atoms with E-state index >= 15 is 0 Å². The van der Waals surface area contributed by atoms with Gasteiger partial charge in [0.15, 0.2) is 5.60 Å². The van der Waals surface area contributed by atoms with Gasteiger partial charge in [-0.15, -0.1) is 0 Å². The summed E-state index contributed by atoms with van der Waals surface area (Å²) in [5, 5.41) is 19.1. The van der Waals surface area contributed by atoms with Crippen LogP contribution in [0.3, 0.4) is 0 Å². The van der Waals surface area contributed by atoms with E-state index in [4.69, 9.17) is 4.43 Å². The molecule has 0 bridgehead atoms. The zero-order valence-electron chi connectivity index (χ0n) is 17.9. The lowest BCUT2D eigenvalue weighted by molar-refractivity contribution is -0.259. The number of carbonyl (C=O) groups excluding carboxylic acids is 1. The van der Waals surface area contributed by atoms with Gasteiger partial charge in [-0.05, 0) is 42.8 Å². The van der Waals surface area contributed by atoms with Crippen LogP contribution in [0.1, 0.15) is 45.7 Å². The molecule has 0 aliphatic rings. The zero-order valence-corrected chi connectivity index (χ0v) is 18.9. The van der Waals surface area contributed by atoms with Crippen LogP contribution in [0.25, 0.3) is 0 Å². The lowest BCUT2D eigenvalue weighted by atomic mass is 9.91. The molecule has 4 nitrogen and oxygen atoms in total. The molecule has 1 aromatic carbocycles. The fourth-order valence-electron chi connectivity index (χ4n) is 1.81. The maximum atomic E-state index is 13.1. The van der Waals surface area contributed by atoms with E-state index in [9.17, 15) is 41.4 Å². The number of rotatable bonds is 4. The van der Waals surface area contributed by atoms with Gasteiger partial charge >= 0.3 is 12.4 Å². The zero-order chi connectivity index (χ0) is 24.3. The van der Waals surface area contributed by atoms with E-state index in [2.05, 4.69) is 0 Å². The molecule has 174 valence electrons. The molecular weight excluding hydrogens is 434 g/mol. The quantitative estimate of drug-likeness (QED) is 0.460. The van der Waals surface area contributed by atoms with Gasteiger partial charge in [0.05, 0.1) is 6.61 Å². The summed E-state index contributed by atoms with van der Waals surface area (Å²) < 4.78 is 77.9. The number of Topliss-reactive ketones (excluding diaryl/α,β-unsaturated/α-hetero) is 1. The summed E-state index contributed by atoms with van der Waals surface area (Å²) in [5.41, 5.74) is -3.42. The van der Waals surface area contributed by atoms with E-state index < -0.39 is 38.7 Å². The molecule has 1 rings (SSSR count). The maximum absolute atomic E-state index is 13.1. The number of benzene rings is 1. The molecular formula is C19H28F6O4Si. The number of halogens is 6. The van der Waals surface area contributed by atoms with Crippen molar-refractivity contribution < 1.29 is 45.8 Å². The smallest absolute Gasteiger partial charge is 0.449 e. The fraction of sp³-hybridized carbons (Fsp3) is 0.632. The van der Waals surface area contributed by atoms with E-state index in [-0.39, 0.29) is 21.9 Å². The number of carbonyl (C=O) groups is 1. The van der Waals surface area contributed by atoms with Gasteiger partial charge in [0.2, 0.25) is 14.1 Å². The van der Waals surface area contributed by atoms with Crippen molar-refractivity contribution in [1.82, 2.24) is 0 Å². The second kappa shape index (κ2) is 9.27. The van der Waals surface area contributed by atoms with Gasteiger partial charge in [0, 0.05) is 12.5 Å². The largest absolute Gasteiger partial charge is 0.543 e. The van der Waals surface area contributed by atoms with Crippen LogP contribution in [-0.2, 0) is 17.0 Å². The van der Waals surface area contributed by atoms with Crippen molar-refractivity contribution in [3.63, 3.8) is 0 Å². The van der Waals surface area contributed by atoms with Crippen LogP contribution in [-0.4, -0.2) is 36.7 Å². The van der Waals surface area contributed by atoms with Gasteiger partial charge in [0.1, 0.15) is 5.75 Å². The van der Waals surface area contributed by atoms with Crippen molar-refractivity contribution in [2.45, 2.75) is 77.3 Å². The standard InChI is InChI=1S/C16H25F3O3Si.C3H3F3O/c1-14(2,3)23(5,6)22-12-8-7-11(10-20)13(9-12)15(4,21)16(17,18)19;1-2(7)3(4,5)6/h7-9,20-21H,10H2,1-6H3;1H3. The molecule has 0 radical (unpaired) electrons. The molecule has 0 saturated carbocycles. The highest BCUT2D eigenvalue weighted by Gasteiger charge is 2.52. The predicted octanol–water partition coefficient (Wildman–Crippen LogP) is 5.47. The molecule has 2 N–H and O–H groups in total. The van der Waals surface area contributed by atoms with Crippen LogP contribution in [0.15, 0.2) is 18.2 Å². The van der Waals surface area contributed by atoms with Crippen LogP contribution in [0.2, 0.25) is 18.1 Å². The van der Waals surface area contributed by atoms with Crippen LogP contribution < -0.4 is 4.43 Å². The van der Waals surface area contributed by atoms with Gasteiger partial charge in [-0.1, -0.05) is 26.8 Å². The number of hydrogen-bond acceptors (Lipinski definition) is 4. The van der Waals surface area contributed by atoms with Gasteiger partial charge in [-0.3, -0.25) is 4.79 Å². The van der Waals surface area contributed by atoms with Gasteiger partial charge in [0.25, 0.3) is 0 Å². The van der Waals surface area contributed by atoms with Crippen molar-refractivity contribution in [3.8, 4) is 5.75 Å². The summed E-state index contributed by atoms with van der Waals surface area (Å²) in [5.74, 6) is -1.49. The Balaban J connectivity index is 0.00000103. The molecule has 0 fully saturated rings. The molecule has 0 spiro atoms. The summed E-state index contributed by atoms with van der Waals surface area (Å²) in [6.45, 7) is 10.6. The van der Waals surface area contributed by atoms with E-state index in [0.29, 0.717) is 13.8 Å². The monoisotopic (exact) mass is 462 g/mol. The third-order valence-electron chi connectivity index (χ3n) is 4.91. The average Bonchev–Trinajstić information content (AvgIpc) is 2.52. The third-order valence-corrected chi connectivity index (χ3v) is 9.26. The van der Waals surface area contributed by atoms with Gasteiger partial charge in [-0.25, -0.2) is 0 Å². The number of alkyl halides is 6. The van der Waals surface area contributed by atoms with E-state index in [1.807, 2.05) is 33.9 Å².